The van der Waals surface area contributed by atoms with E-state index in [1.165, 1.54) is 7.11 Å². The van der Waals surface area contributed by atoms with Crippen molar-refractivity contribution < 1.29 is 14.3 Å². The zero-order valence-corrected chi connectivity index (χ0v) is 12.6. The quantitative estimate of drug-likeness (QED) is 0.822. The molecule has 0 unspecified atom stereocenters. The van der Waals surface area contributed by atoms with Crippen molar-refractivity contribution in [1.82, 2.24) is 14.9 Å². The molecule has 0 fully saturated rings. The minimum absolute atomic E-state index is 0.150. The van der Waals surface area contributed by atoms with Crippen molar-refractivity contribution in [1.29, 1.82) is 0 Å². The molecular formula is C16H19N3O3. The summed E-state index contributed by atoms with van der Waals surface area (Å²) < 4.78 is 6.46. The van der Waals surface area contributed by atoms with Crippen molar-refractivity contribution >= 4 is 11.9 Å². The maximum absolute atomic E-state index is 12.2. The fourth-order valence-corrected chi connectivity index (χ4v) is 2.24. The lowest BCUT2D eigenvalue weighted by atomic mass is 9.94. The molecule has 116 valence electrons. The van der Waals surface area contributed by atoms with E-state index in [0.29, 0.717) is 0 Å². The van der Waals surface area contributed by atoms with Gasteiger partial charge in [-0.15, -0.1) is 0 Å². The number of ether oxygens (including phenoxy) is 1. The number of nitrogens with zero attached hydrogens (tertiary/aromatic N) is 2. The highest BCUT2D eigenvalue weighted by atomic mass is 16.5. The molecule has 6 nitrogen and oxygen atoms in total. The number of imidazole rings is 1. The van der Waals surface area contributed by atoms with E-state index >= 15 is 0 Å². The van der Waals surface area contributed by atoms with Crippen LogP contribution in [-0.4, -0.2) is 28.5 Å². The van der Waals surface area contributed by atoms with Crippen LogP contribution in [0.15, 0.2) is 49.1 Å². The van der Waals surface area contributed by atoms with Crippen LogP contribution in [0.1, 0.15) is 18.5 Å². The molecular weight excluding hydrogens is 282 g/mol. The van der Waals surface area contributed by atoms with E-state index in [2.05, 4.69) is 10.3 Å². The van der Waals surface area contributed by atoms with Crippen molar-refractivity contribution in [2.45, 2.75) is 19.5 Å². The number of carbonyl (C=O) groups excluding carboxylic acids is 2. The zero-order chi connectivity index (χ0) is 15.9. The molecule has 0 spiro atoms. The van der Waals surface area contributed by atoms with Gasteiger partial charge in [0, 0.05) is 12.4 Å². The molecule has 0 saturated carbocycles. The summed E-state index contributed by atoms with van der Waals surface area (Å²) in [4.78, 5) is 27.9. The summed E-state index contributed by atoms with van der Waals surface area (Å²) in [7, 11) is 1.34. The van der Waals surface area contributed by atoms with Gasteiger partial charge in [0.05, 0.1) is 25.4 Å². The van der Waals surface area contributed by atoms with Crippen LogP contribution in [0.2, 0.25) is 0 Å². The summed E-state index contributed by atoms with van der Waals surface area (Å²) in [5.41, 5.74) is 0.861. The predicted octanol–water partition coefficient (Wildman–Crippen LogP) is 1.55. The van der Waals surface area contributed by atoms with Gasteiger partial charge in [0.15, 0.2) is 0 Å². The maximum Gasteiger partial charge on any atom is 0.310 e. The molecule has 1 aromatic carbocycles. The van der Waals surface area contributed by atoms with Crippen molar-refractivity contribution in [3.05, 3.63) is 54.6 Å². The molecule has 0 saturated heterocycles. The monoisotopic (exact) mass is 301 g/mol. The summed E-state index contributed by atoms with van der Waals surface area (Å²) in [5.74, 6) is -1.04. The second kappa shape index (κ2) is 7.40. The zero-order valence-electron chi connectivity index (χ0n) is 12.6. The Labute approximate surface area is 129 Å². The smallest absolute Gasteiger partial charge is 0.310 e. The molecule has 1 amide bonds. The molecule has 0 aliphatic heterocycles. The second-order valence-corrected chi connectivity index (χ2v) is 5.00. The highest BCUT2D eigenvalue weighted by Gasteiger charge is 2.27. The Morgan fingerprint density at radius 3 is 2.64 bits per heavy atom. The van der Waals surface area contributed by atoms with Crippen LogP contribution in [-0.2, 0) is 20.9 Å². The first kappa shape index (κ1) is 15.8. The molecule has 0 bridgehead atoms. The van der Waals surface area contributed by atoms with Gasteiger partial charge in [-0.1, -0.05) is 30.3 Å². The lowest BCUT2D eigenvalue weighted by Crippen LogP contribution is -2.37. The molecule has 0 radical (unpaired) electrons. The Kier molecular flexibility index (Phi) is 5.30. The standard InChI is InChI=1S/C16H19N3O3/c1-12(16(21)22-2)15(13-6-4-3-5-7-13)18-14(20)10-19-9-8-17-11-19/h3-9,11-12,15H,10H2,1-2H3,(H,18,20)/t12-,15+/m0/s1. The largest absolute Gasteiger partial charge is 0.469 e. The van der Waals surface area contributed by atoms with E-state index in [0.717, 1.165) is 5.56 Å². The van der Waals surface area contributed by atoms with Crippen LogP contribution in [0.3, 0.4) is 0 Å². The average Bonchev–Trinajstić information content (AvgIpc) is 3.05. The molecule has 1 heterocycles. The fraction of sp³-hybridized carbons (Fsp3) is 0.312. The van der Waals surface area contributed by atoms with E-state index in [-0.39, 0.29) is 18.4 Å². The van der Waals surface area contributed by atoms with Crippen LogP contribution < -0.4 is 5.32 Å². The summed E-state index contributed by atoms with van der Waals surface area (Å²) in [5, 5.41) is 2.90. The Bertz CT molecular complexity index is 611. The number of rotatable bonds is 6. The first-order valence-corrected chi connectivity index (χ1v) is 6.99. The molecule has 0 aliphatic carbocycles. The van der Waals surface area contributed by atoms with Gasteiger partial charge >= 0.3 is 5.97 Å². The summed E-state index contributed by atoms with van der Waals surface area (Å²) in [6.07, 6.45) is 4.89. The molecule has 2 atom stereocenters. The van der Waals surface area contributed by atoms with Crippen LogP contribution >= 0.6 is 0 Å². The van der Waals surface area contributed by atoms with E-state index in [9.17, 15) is 9.59 Å². The number of carbonyl (C=O) groups is 2. The van der Waals surface area contributed by atoms with Gasteiger partial charge in [0.2, 0.25) is 5.91 Å². The average molecular weight is 301 g/mol. The third-order valence-corrected chi connectivity index (χ3v) is 3.43. The predicted molar refractivity (Wildman–Crippen MR) is 80.7 cm³/mol. The van der Waals surface area contributed by atoms with Gasteiger partial charge in [0.25, 0.3) is 0 Å². The molecule has 2 aromatic rings. The Balaban J connectivity index is 2.14. The van der Waals surface area contributed by atoms with Crippen molar-refractivity contribution in [2.24, 2.45) is 5.92 Å². The highest BCUT2D eigenvalue weighted by Crippen LogP contribution is 2.23. The molecule has 22 heavy (non-hydrogen) atoms. The van der Waals surface area contributed by atoms with Gasteiger partial charge in [0.1, 0.15) is 6.54 Å². The van der Waals surface area contributed by atoms with Gasteiger partial charge in [-0.25, -0.2) is 4.98 Å². The Morgan fingerprint density at radius 2 is 2.05 bits per heavy atom. The van der Waals surface area contributed by atoms with Gasteiger partial charge in [-0.3, -0.25) is 9.59 Å². The molecule has 1 N–H and O–H groups in total. The van der Waals surface area contributed by atoms with Crippen molar-refractivity contribution in [3.8, 4) is 0 Å². The number of amides is 1. The number of esters is 1. The van der Waals surface area contributed by atoms with E-state index in [4.69, 9.17) is 4.74 Å². The first-order chi connectivity index (χ1) is 10.6. The number of hydrogen-bond acceptors (Lipinski definition) is 4. The number of benzene rings is 1. The van der Waals surface area contributed by atoms with E-state index < -0.39 is 12.0 Å². The molecule has 0 aliphatic rings. The number of nitrogens with one attached hydrogen (secondary N) is 1. The molecule has 2 rings (SSSR count). The number of methoxy groups -OCH3 is 1. The van der Waals surface area contributed by atoms with Crippen LogP contribution in [0.4, 0.5) is 0 Å². The van der Waals surface area contributed by atoms with Crippen molar-refractivity contribution in [3.63, 3.8) is 0 Å². The SMILES string of the molecule is COC(=O)[C@@H](C)[C@@H](NC(=O)Cn1ccnc1)c1ccccc1. The summed E-state index contributed by atoms with van der Waals surface area (Å²) in [6.45, 7) is 1.89. The maximum atomic E-state index is 12.2. The fourth-order valence-electron chi connectivity index (χ4n) is 2.24. The second-order valence-electron chi connectivity index (χ2n) is 5.00. The Morgan fingerprint density at radius 1 is 1.32 bits per heavy atom. The van der Waals surface area contributed by atoms with Crippen molar-refractivity contribution in [2.75, 3.05) is 7.11 Å². The topological polar surface area (TPSA) is 73.2 Å². The summed E-state index contributed by atoms with van der Waals surface area (Å²) in [6, 6.07) is 8.94. The lowest BCUT2D eigenvalue weighted by Gasteiger charge is -2.24. The Hall–Kier alpha value is -2.63. The number of aromatic nitrogens is 2. The third kappa shape index (κ3) is 3.94. The first-order valence-electron chi connectivity index (χ1n) is 6.99. The minimum atomic E-state index is -0.487. The van der Waals surface area contributed by atoms with Crippen LogP contribution in [0, 0.1) is 5.92 Å². The normalized spacial score (nSPS) is 13.2. The van der Waals surface area contributed by atoms with Gasteiger partial charge in [-0.2, -0.15) is 0 Å². The van der Waals surface area contributed by atoms with Crippen LogP contribution in [0.25, 0.3) is 0 Å². The molecule has 6 heteroatoms. The van der Waals surface area contributed by atoms with E-state index in [1.54, 1.807) is 30.2 Å². The van der Waals surface area contributed by atoms with Gasteiger partial charge in [-0.05, 0) is 12.5 Å². The summed E-state index contributed by atoms with van der Waals surface area (Å²) >= 11 is 0. The highest BCUT2D eigenvalue weighted by molar-refractivity contribution is 5.78. The lowest BCUT2D eigenvalue weighted by molar-refractivity contribution is -0.146. The minimum Gasteiger partial charge on any atom is -0.469 e. The van der Waals surface area contributed by atoms with E-state index in [1.807, 2.05) is 30.3 Å². The number of hydrogen-bond donors (Lipinski definition) is 1. The van der Waals surface area contributed by atoms with Crippen LogP contribution in [0.5, 0.6) is 0 Å². The van der Waals surface area contributed by atoms with Gasteiger partial charge < -0.3 is 14.6 Å². The third-order valence-electron chi connectivity index (χ3n) is 3.43. The molecule has 1 aromatic heterocycles.